The van der Waals surface area contributed by atoms with E-state index in [4.69, 9.17) is 22.1 Å². The maximum Gasteiger partial charge on any atom is 0.125 e. The summed E-state index contributed by atoms with van der Waals surface area (Å²) in [5.41, 5.74) is 9.13. The van der Waals surface area contributed by atoms with Crippen LogP contribution in [0.15, 0.2) is 12.1 Å². The van der Waals surface area contributed by atoms with Crippen LogP contribution in [-0.2, 0) is 12.8 Å². The molecule has 21 heavy (non-hydrogen) atoms. The molecule has 0 aromatic heterocycles. The van der Waals surface area contributed by atoms with Gasteiger partial charge in [-0.1, -0.05) is 39.3 Å². The van der Waals surface area contributed by atoms with E-state index in [0.29, 0.717) is 11.3 Å². The van der Waals surface area contributed by atoms with E-state index in [-0.39, 0.29) is 6.04 Å². The molecule has 2 N–H and O–H groups in total. The van der Waals surface area contributed by atoms with Crippen molar-refractivity contribution < 1.29 is 4.74 Å². The third-order valence-corrected chi connectivity index (χ3v) is 4.19. The normalized spacial score (nSPS) is 17.2. The van der Waals surface area contributed by atoms with Gasteiger partial charge in [-0.15, -0.1) is 0 Å². The molecule has 2 unspecified atom stereocenters. The predicted molar refractivity (Wildman–Crippen MR) is 90.2 cm³/mol. The fraction of sp³-hybridized carbons (Fsp3) is 0.667. The SMILES string of the molecule is CC(CC(N)Cc1cc(Cl)cc2c1OCC2)CC(C)(C)C. The van der Waals surface area contributed by atoms with E-state index < -0.39 is 0 Å². The maximum atomic E-state index is 6.37. The van der Waals surface area contributed by atoms with Crippen molar-refractivity contribution in [2.24, 2.45) is 17.1 Å². The van der Waals surface area contributed by atoms with E-state index in [1.165, 1.54) is 17.5 Å². The highest BCUT2D eigenvalue weighted by Crippen LogP contribution is 2.34. The van der Waals surface area contributed by atoms with Crippen LogP contribution in [0.25, 0.3) is 0 Å². The second kappa shape index (κ2) is 6.58. The lowest BCUT2D eigenvalue weighted by atomic mass is 9.82. The molecule has 1 aromatic rings. The lowest BCUT2D eigenvalue weighted by Crippen LogP contribution is -2.27. The van der Waals surface area contributed by atoms with Crippen molar-refractivity contribution in [2.45, 2.75) is 59.4 Å². The highest BCUT2D eigenvalue weighted by atomic mass is 35.5. The van der Waals surface area contributed by atoms with Gasteiger partial charge in [-0.05, 0) is 53.9 Å². The van der Waals surface area contributed by atoms with E-state index >= 15 is 0 Å². The Morgan fingerprint density at radius 1 is 1.33 bits per heavy atom. The van der Waals surface area contributed by atoms with Crippen molar-refractivity contribution in [3.05, 3.63) is 28.3 Å². The molecule has 0 saturated carbocycles. The van der Waals surface area contributed by atoms with E-state index in [0.717, 1.165) is 36.6 Å². The molecule has 2 nitrogen and oxygen atoms in total. The van der Waals surface area contributed by atoms with E-state index in [1.54, 1.807) is 0 Å². The van der Waals surface area contributed by atoms with Gasteiger partial charge in [0.05, 0.1) is 6.61 Å². The van der Waals surface area contributed by atoms with Gasteiger partial charge in [-0.2, -0.15) is 0 Å². The largest absolute Gasteiger partial charge is 0.493 e. The Kier molecular flexibility index (Phi) is 5.21. The lowest BCUT2D eigenvalue weighted by molar-refractivity contribution is 0.284. The zero-order valence-corrected chi connectivity index (χ0v) is 14.5. The molecule has 0 saturated heterocycles. The van der Waals surface area contributed by atoms with Crippen LogP contribution < -0.4 is 10.5 Å². The molecular weight excluding hydrogens is 282 g/mol. The van der Waals surface area contributed by atoms with Gasteiger partial charge in [0.25, 0.3) is 0 Å². The Morgan fingerprint density at radius 2 is 2.05 bits per heavy atom. The zero-order chi connectivity index (χ0) is 15.6. The number of hydrogen-bond acceptors (Lipinski definition) is 2. The fourth-order valence-electron chi connectivity index (χ4n) is 3.51. The van der Waals surface area contributed by atoms with Gasteiger partial charge in [0.2, 0.25) is 0 Å². The summed E-state index contributed by atoms with van der Waals surface area (Å²) in [6.45, 7) is 9.91. The van der Waals surface area contributed by atoms with Crippen LogP contribution in [0.1, 0.15) is 51.7 Å². The number of fused-ring (bicyclic) bond motifs is 1. The van der Waals surface area contributed by atoms with Crippen molar-refractivity contribution in [3.63, 3.8) is 0 Å². The Labute approximate surface area is 134 Å². The van der Waals surface area contributed by atoms with Crippen LogP contribution in [-0.4, -0.2) is 12.6 Å². The summed E-state index contributed by atoms with van der Waals surface area (Å²) in [6, 6.07) is 4.19. The molecule has 1 heterocycles. The average Bonchev–Trinajstić information content (AvgIpc) is 2.73. The van der Waals surface area contributed by atoms with Gasteiger partial charge in [0, 0.05) is 17.5 Å². The molecule has 0 spiro atoms. The Hall–Kier alpha value is -0.730. The highest BCUT2D eigenvalue weighted by molar-refractivity contribution is 6.30. The minimum Gasteiger partial charge on any atom is -0.493 e. The molecular formula is C18H28ClNO. The topological polar surface area (TPSA) is 35.2 Å². The zero-order valence-electron chi connectivity index (χ0n) is 13.7. The molecule has 0 bridgehead atoms. The van der Waals surface area contributed by atoms with Crippen molar-refractivity contribution in [1.82, 2.24) is 0 Å². The summed E-state index contributed by atoms with van der Waals surface area (Å²) in [4.78, 5) is 0. The van der Waals surface area contributed by atoms with Crippen LogP contribution in [0.4, 0.5) is 0 Å². The Balaban J connectivity index is 1.99. The van der Waals surface area contributed by atoms with Gasteiger partial charge in [0.15, 0.2) is 0 Å². The second-order valence-corrected chi connectivity index (χ2v) is 8.16. The lowest BCUT2D eigenvalue weighted by Gasteiger charge is -2.25. The molecule has 0 fully saturated rings. The first-order valence-corrected chi connectivity index (χ1v) is 8.32. The predicted octanol–water partition coefficient (Wildman–Crippen LogP) is 4.61. The fourth-order valence-corrected chi connectivity index (χ4v) is 3.77. The Bertz CT molecular complexity index is 493. The molecule has 1 aromatic carbocycles. The number of hydrogen-bond donors (Lipinski definition) is 1. The maximum absolute atomic E-state index is 6.37. The standard InChI is InChI=1S/C18H28ClNO/c1-12(11-18(2,3)4)7-16(20)10-14-9-15(19)8-13-5-6-21-17(13)14/h8-9,12,16H,5-7,10-11,20H2,1-4H3. The number of benzene rings is 1. The third-order valence-electron chi connectivity index (χ3n) is 3.97. The summed E-state index contributed by atoms with van der Waals surface area (Å²) < 4.78 is 5.76. The van der Waals surface area contributed by atoms with Crippen LogP contribution in [0, 0.1) is 11.3 Å². The van der Waals surface area contributed by atoms with Crippen LogP contribution in [0.3, 0.4) is 0 Å². The van der Waals surface area contributed by atoms with Crippen LogP contribution in [0.5, 0.6) is 5.75 Å². The molecule has 1 aliphatic rings. The van der Waals surface area contributed by atoms with E-state index in [1.807, 2.05) is 12.1 Å². The molecule has 1 aliphatic heterocycles. The smallest absolute Gasteiger partial charge is 0.125 e. The summed E-state index contributed by atoms with van der Waals surface area (Å²) in [6.07, 6.45) is 4.04. The molecule has 0 aliphatic carbocycles. The van der Waals surface area contributed by atoms with Crippen LogP contribution >= 0.6 is 11.6 Å². The van der Waals surface area contributed by atoms with E-state index in [9.17, 15) is 0 Å². The monoisotopic (exact) mass is 309 g/mol. The summed E-state index contributed by atoms with van der Waals surface area (Å²) in [5.74, 6) is 1.66. The minimum atomic E-state index is 0.161. The molecule has 2 atom stereocenters. The number of nitrogens with two attached hydrogens (primary N) is 1. The Morgan fingerprint density at radius 3 is 2.71 bits per heavy atom. The van der Waals surface area contributed by atoms with Gasteiger partial charge in [-0.25, -0.2) is 0 Å². The summed E-state index contributed by atoms with van der Waals surface area (Å²) >= 11 is 6.21. The van der Waals surface area contributed by atoms with Crippen molar-refractivity contribution in [2.75, 3.05) is 6.61 Å². The first kappa shape index (κ1) is 16.6. The van der Waals surface area contributed by atoms with E-state index in [2.05, 4.69) is 27.7 Å². The van der Waals surface area contributed by atoms with Crippen molar-refractivity contribution in [1.29, 1.82) is 0 Å². The summed E-state index contributed by atoms with van der Waals surface area (Å²) in [7, 11) is 0. The molecule has 0 radical (unpaired) electrons. The molecule has 2 rings (SSSR count). The second-order valence-electron chi connectivity index (χ2n) is 7.72. The molecule has 118 valence electrons. The highest BCUT2D eigenvalue weighted by Gasteiger charge is 2.21. The van der Waals surface area contributed by atoms with Crippen molar-refractivity contribution in [3.8, 4) is 5.75 Å². The number of ether oxygens (including phenoxy) is 1. The van der Waals surface area contributed by atoms with Crippen LogP contribution in [0.2, 0.25) is 5.02 Å². The van der Waals surface area contributed by atoms with Gasteiger partial charge >= 0.3 is 0 Å². The van der Waals surface area contributed by atoms with Gasteiger partial charge < -0.3 is 10.5 Å². The van der Waals surface area contributed by atoms with Gasteiger partial charge in [0.1, 0.15) is 5.75 Å². The first-order chi connectivity index (χ1) is 9.74. The number of rotatable bonds is 5. The molecule has 3 heteroatoms. The minimum absolute atomic E-state index is 0.161. The average molecular weight is 310 g/mol. The number of halogens is 1. The summed E-state index contributed by atoms with van der Waals surface area (Å²) in [5, 5.41) is 0.796. The van der Waals surface area contributed by atoms with Crippen molar-refractivity contribution >= 4 is 11.6 Å². The third kappa shape index (κ3) is 4.89. The quantitative estimate of drug-likeness (QED) is 0.862. The van der Waals surface area contributed by atoms with Gasteiger partial charge in [-0.3, -0.25) is 0 Å². The first-order valence-electron chi connectivity index (χ1n) is 7.94. The molecule has 0 amide bonds.